The molecule has 0 unspecified atom stereocenters. The molecule has 2 N–H and O–H groups in total. The van der Waals surface area contributed by atoms with Crippen molar-refractivity contribution in [3.05, 3.63) is 29.6 Å². The Morgan fingerprint density at radius 1 is 1.56 bits per heavy atom. The molecule has 1 aliphatic heterocycles. The lowest BCUT2D eigenvalue weighted by Gasteiger charge is -2.37. The molecule has 0 aliphatic carbocycles. The first-order valence-corrected chi connectivity index (χ1v) is 6.10. The molecule has 2 rings (SSSR count). The summed E-state index contributed by atoms with van der Waals surface area (Å²) in [5.41, 5.74) is 0.00467. The molecule has 5 nitrogen and oxygen atoms in total. The summed E-state index contributed by atoms with van der Waals surface area (Å²) >= 11 is 0. The Morgan fingerprint density at radius 2 is 2.33 bits per heavy atom. The lowest BCUT2D eigenvalue weighted by Crippen LogP contribution is -2.52. The number of pyridine rings is 1. The summed E-state index contributed by atoms with van der Waals surface area (Å²) < 4.78 is 0. The average Bonchev–Trinajstić information content (AvgIpc) is 2.38. The molecule has 1 aromatic rings. The minimum absolute atomic E-state index is 0.165. The van der Waals surface area contributed by atoms with E-state index < -0.39 is 5.60 Å². The smallest absolute Gasteiger partial charge is 0.272 e. The van der Waals surface area contributed by atoms with Gasteiger partial charge in [0.15, 0.2) is 0 Å². The zero-order valence-electron chi connectivity index (χ0n) is 10.5. The van der Waals surface area contributed by atoms with Crippen molar-refractivity contribution in [2.45, 2.75) is 25.4 Å². The maximum atomic E-state index is 12.2. The third-order valence-electron chi connectivity index (χ3n) is 3.24. The van der Waals surface area contributed by atoms with E-state index >= 15 is 0 Å². The SMILES string of the molecule is Cc1cccc(C(=O)N2CCC[C@](O)(CO)C2)n1. The lowest BCUT2D eigenvalue weighted by atomic mass is 9.93. The van der Waals surface area contributed by atoms with Crippen LogP contribution in [0.1, 0.15) is 29.0 Å². The molecule has 98 valence electrons. The van der Waals surface area contributed by atoms with Gasteiger partial charge in [-0.05, 0) is 31.9 Å². The maximum absolute atomic E-state index is 12.2. The summed E-state index contributed by atoms with van der Waals surface area (Å²) in [7, 11) is 0. The minimum atomic E-state index is -1.17. The Morgan fingerprint density at radius 3 is 3.00 bits per heavy atom. The van der Waals surface area contributed by atoms with Crippen molar-refractivity contribution in [3.63, 3.8) is 0 Å². The topological polar surface area (TPSA) is 73.7 Å². The van der Waals surface area contributed by atoms with Gasteiger partial charge in [-0.2, -0.15) is 0 Å². The summed E-state index contributed by atoms with van der Waals surface area (Å²) in [6.07, 6.45) is 1.21. The van der Waals surface area contributed by atoms with Gasteiger partial charge in [-0.3, -0.25) is 4.79 Å². The molecular formula is C13H18N2O3. The van der Waals surface area contributed by atoms with Crippen molar-refractivity contribution in [1.29, 1.82) is 0 Å². The summed E-state index contributed by atoms with van der Waals surface area (Å²) in [4.78, 5) is 18.0. The summed E-state index contributed by atoms with van der Waals surface area (Å²) in [6.45, 7) is 2.27. The molecule has 0 radical (unpaired) electrons. The number of amides is 1. The number of hydrogen-bond donors (Lipinski definition) is 2. The number of piperidine rings is 1. The van der Waals surface area contributed by atoms with Crippen LogP contribution in [0.2, 0.25) is 0 Å². The number of aliphatic hydroxyl groups is 2. The van der Waals surface area contributed by atoms with Crippen LogP contribution in [0, 0.1) is 6.92 Å². The molecule has 0 bridgehead atoms. The highest BCUT2D eigenvalue weighted by Gasteiger charge is 2.35. The number of hydrogen-bond acceptors (Lipinski definition) is 4. The fraction of sp³-hybridized carbons (Fsp3) is 0.538. The van der Waals surface area contributed by atoms with Gasteiger partial charge in [0.05, 0.1) is 13.2 Å². The van der Waals surface area contributed by atoms with Crippen molar-refractivity contribution >= 4 is 5.91 Å². The fourth-order valence-corrected chi connectivity index (χ4v) is 2.24. The van der Waals surface area contributed by atoms with Gasteiger partial charge in [0, 0.05) is 12.2 Å². The fourth-order valence-electron chi connectivity index (χ4n) is 2.24. The van der Waals surface area contributed by atoms with Crippen molar-refractivity contribution in [1.82, 2.24) is 9.88 Å². The molecule has 0 spiro atoms. The standard InChI is InChI=1S/C13H18N2O3/c1-10-4-2-5-11(14-10)12(17)15-7-3-6-13(18,8-15)9-16/h2,4-5,16,18H,3,6-9H2,1H3/t13-/m1/s1. The van der Waals surface area contributed by atoms with E-state index in [-0.39, 0.29) is 19.1 Å². The van der Waals surface area contributed by atoms with Gasteiger partial charge in [-0.15, -0.1) is 0 Å². The number of β-amino-alcohol motifs (C(OH)–C–C–N with tert-alkyl or cyclic N) is 1. The van der Waals surface area contributed by atoms with Crippen LogP contribution in [-0.2, 0) is 0 Å². The number of aryl methyl sites for hydroxylation is 1. The molecule has 0 aromatic carbocycles. The highest BCUT2D eigenvalue weighted by atomic mass is 16.3. The number of carbonyl (C=O) groups is 1. The molecule has 2 heterocycles. The molecule has 1 atom stereocenters. The Labute approximate surface area is 106 Å². The van der Waals surface area contributed by atoms with E-state index in [2.05, 4.69) is 4.98 Å². The Hall–Kier alpha value is -1.46. The van der Waals surface area contributed by atoms with Gasteiger partial charge < -0.3 is 15.1 Å². The van der Waals surface area contributed by atoms with Crippen molar-refractivity contribution < 1.29 is 15.0 Å². The van der Waals surface area contributed by atoms with Crippen LogP contribution in [0.25, 0.3) is 0 Å². The van der Waals surface area contributed by atoms with Gasteiger partial charge in [0.1, 0.15) is 11.3 Å². The first-order chi connectivity index (χ1) is 8.54. The molecule has 1 aromatic heterocycles. The Balaban J connectivity index is 2.14. The monoisotopic (exact) mass is 250 g/mol. The van der Waals surface area contributed by atoms with Crippen LogP contribution >= 0.6 is 0 Å². The highest BCUT2D eigenvalue weighted by Crippen LogP contribution is 2.21. The number of aromatic nitrogens is 1. The van der Waals surface area contributed by atoms with Crippen molar-refractivity contribution in [3.8, 4) is 0 Å². The number of likely N-dealkylation sites (tertiary alicyclic amines) is 1. The zero-order chi connectivity index (χ0) is 13.2. The van der Waals surface area contributed by atoms with E-state index in [1.165, 1.54) is 0 Å². The van der Waals surface area contributed by atoms with Crippen LogP contribution in [0.15, 0.2) is 18.2 Å². The maximum Gasteiger partial charge on any atom is 0.272 e. The first kappa shape index (κ1) is 13.0. The lowest BCUT2D eigenvalue weighted by molar-refractivity contribution is -0.0599. The number of rotatable bonds is 2. The Bertz CT molecular complexity index is 450. The second-order valence-electron chi connectivity index (χ2n) is 4.88. The number of carbonyl (C=O) groups excluding carboxylic acids is 1. The molecule has 1 amide bonds. The van der Waals surface area contributed by atoms with E-state index in [1.54, 1.807) is 17.0 Å². The molecule has 1 fully saturated rings. The predicted octanol–water partition coefficient (Wildman–Crippen LogP) is 0.349. The minimum Gasteiger partial charge on any atom is -0.393 e. The van der Waals surface area contributed by atoms with Crippen LogP contribution < -0.4 is 0 Å². The van der Waals surface area contributed by atoms with E-state index in [0.29, 0.717) is 25.1 Å². The largest absolute Gasteiger partial charge is 0.393 e. The molecule has 18 heavy (non-hydrogen) atoms. The quantitative estimate of drug-likeness (QED) is 0.794. The number of nitrogens with zero attached hydrogens (tertiary/aromatic N) is 2. The number of aliphatic hydroxyl groups excluding tert-OH is 1. The van der Waals surface area contributed by atoms with E-state index in [0.717, 1.165) is 5.69 Å². The van der Waals surface area contributed by atoms with E-state index in [9.17, 15) is 9.90 Å². The van der Waals surface area contributed by atoms with Crippen LogP contribution in [0.4, 0.5) is 0 Å². The van der Waals surface area contributed by atoms with Crippen LogP contribution in [0.3, 0.4) is 0 Å². The van der Waals surface area contributed by atoms with Gasteiger partial charge in [-0.1, -0.05) is 6.07 Å². The zero-order valence-corrected chi connectivity index (χ0v) is 10.5. The molecule has 1 aliphatic rings. The van der Waals surface area contributed by atoms with Gasteiger partial charge in [0.25, 0.3) is 5.91 Å². The van der Waals surface area contributed by atoms with E-state index in [4.69, 9.17) is 5.11 Å². The third kappa shape index (κ3) is 2.68. The predicted molar refractivity (Wildman–Crippen MR) is 66.1 cm³/mol. The summed E-state index contributed by atoms with van der Waals surface area (Å²) in [5, 5.41) is 19.2. The van der Waals surface area contributed by atoms with Gasteiger partial charge >= 0.3 is 0 Å². The average molecular weight is 250 g/mol. The highest BCUT2D eigenvalue weighted by molar-refractivity contribution is 5.92. The first-order valence-electron chi connectivity index (χ1n) is 6.10. The summed E-state index contributed by atoms with van der Waals surface area (Å²) in [6, 6.07) is 5.29. The molecule has 5 heteroatoms. The Kier molecular flexibility index (Phi) is 3.63. The van der Waals surface area contributed by atoms with Crippen molar-refractivity contribution in [2.75, 3.05) is 19.7 Å². The normalized spacial score (nSPS) is 24.1. The van der Waals surface area contributed by atoms with E-state index in [1.807, 2.05) is 13.0 Å². The third-order valence-corrected chi connectivity index (χ3v) is 3.24. The molecular weight excluding hydrogens is 232 g/mol. The molecule has 0 saturated carbocycles. The van der Waals surface area contributed by atoms with Gasteiger partial charge in [-0.25, -0.2) is 4.98 Å². The second kappa shape index (κ2) is 5.04. The summed E-state index contributed by atoms with van der Waals surface area (Å²) in [5.74, 6) is -0.190. The molecule has 1 saturated heterocycles. The van der Waals surface area contributed by atoms with Crippen LogP contribution in [-0.4, -0.2) is 51.3 Å². The van der Waals surface area contributed by atoms with Crippen molar-refractivity contribution in [2.24, 2.45) is 0 Å². The van der Waals surface area contributed by atoms with Crippen LogP contribution in [0.5, 0.6) is 0 Å². The second-order valence-corrected chi connectivity index (χ2v) is 4.88. The van der Waals surface area contributed by atoms with Gasteiger partial charge in [0.2, 0.25) is 0 Å².